The van der Waals surface area contributed by atoms with Gasteiger partial charge < -0.3 is 5.32 Å². The van der Waals surface area contributed by atoms with Crippen LogP contribution in [0.4, 0.5) is 5.13 Å². The maximum absolute atomic E-state index is 13.5. The van der Waals surface area contributed by atoms with Crippen molar-refractivity contribution < 1.29 is 4.79 Å². The molecule has 3 aromatic carbocycles. The number of benzene rings is 3. The molecule has 0 unspecified atom stereocenters. The molecule has 10 heteroatoms. The normalized spacial score (nSPS) is 11.2. The van der Waals surface area contributed by atoms with Crippen molar-refractivity contribution in [1.29, 1.82) is 5.26 Å². The minimum atomic E-state index is -0.348. The molecule has 0 saturated heterocycles. The van der Waals surface area contributed by atoms with Gasteiger partial charge in [-0.1, -0.05) is 71.6 Å². The van der Waals surface area contributed by atoms with Gasteiger partial charge in [-0.15, -0.1) is 0 Å². The third kappa shape index (κ3) is 4.28. The highest BCUT2D eigenvalue weighted by atomic mass is 32.2. The number of nitrogens with one attached hydrogen (secondary N) is 1. The number of nitrogens with zero attached hydrogens (tertiary/aromatic N) is 5. The van der Waals surface area contributed by atoms with Crippen molar-refractivity contribution >= 4 is 60.9 Å². The second-order valence-electron chi connectivity index (χ2n) is 8.52. The van der Waals surface area contributed by atoms with Crippen LogP contribution in [0.3, 0.4) is 0 Å². The second kappa shape index (κ2) is 9.70. The van der Waals surface area contributed by atoms with E-state index in [0.29, 0.717) is 27.3 Å². The lowest BCUT2D eigenvalue weighted by atomic mass is 10.1. The molecule has 6 rings (SSSR count). The number of anilines is 1. The molecule has 0 aliphatic rings. The van der Waals surface area contributed by atoms with Gasteiger partial charge in [0.05, 0.1) is 32.6 Å². The predicted molar refractivity (Wildman–Crippen MR) is 151 cm³/mol. The Balaban J connectivity index is 1.42. The van der Waals surface area contributed by atoms with E-state index in [1.807, 2.05) is 55.5 Å². The highest BCUT2D eigenvalue weighted by Gasteiger charge is 2.21. The molecule has 8 nitrogen and oxygen atoms in total. The number of hydrogen-bond donors (Lipinski definition) is 1. The molecule has 0 radical (unpaired) electrons. The van der Waals surface area contributed by atoms with Crippen molar-refractivity contribution in [3.63, 3.8) is 0 Å². The van der Waals surface area contributed by atoms with Gasteiger partial charge in [0.1, 0.15) is 11.6 Å². The quantitative estimate of drug-likeness (QED) is 0.178. The highest BCUT2D eigenvalue weighted by Crippen LogP contribution is 2.30. The molecular weight excluding hydrogens is 516 g/mol. The molecule has 0 aliphatic carbocycles. The Kier molecular flexibility index (Phi) is 6.07. The van der Waals surface area contributed by atoms with E-state index in [4.69, 9.17) is 4.98 Å². The minimum absolute atomic E-state index is 0.0174. The number of thiazole rings is 1. The maximum Gasteiger partial charge on any atom is 0.267 e. The molecular formula is C28H18N6O2S2. The molecule has 0 aliphatic heterocycles. The monoisotopic (exact) mass is 534 g/mol. The summed E-state index contributed by atoms with van der Waals surface area (Å²) in [5, 5.41) is 14.1. The standard InChI is InChI=1S/C28H18N6O2S2/c1-16-11-12-21-22(13-16)38-27(31-21)32-23(35)15-37-28-33-24(17-7-3-2-4-8-17)19(14-29)25-30-20-10-6-5-9-18(20)26(36)34(25)28/h2-13H,15H2,1H3,(H,31,32,35). The molecule has 1 N–H and O–H groups in total. The molecule has 0 spiro atoms. The van der Waals surface area contributed by atoms with Crippen LogP contribution in [0.1, 0.15) is 11.1 Å². The molecule has 6 aromatic rings. The van der Waals surface area contributed by atoms with Gasteiger partial charge in [-0.2, -0.15) is 5.26 Å². The average Bonchev–Trinajstić information content (AvgIpc) is 3.33. The molecule has 0 saturated carbocycles. The summed E-state index contributed by atoms with van der Waals surface area (Å²) in [4.78, 5) is 40.3. The lowest BCUT2D eigenvalue weighted by molar-refractivity contribution is -0.113. The minimum Gasteiger partial charge on any atom is -0.301 e. The topological polar surface area (TPSA) is 113 Å². The van der Waals surface area contributed by atoms with E-state index >= 15 is 0 Å². The third-order valence-electron chi connectivity index (χ3n) is 5.92. The maximum atomic E-state index is 13.5. The zero-order chi connectivity index (χ0) is 26.2. The summed E-state index contributed by atoms with van der Waals surface area (Å²) in [6.45, 7) is 2.01. The van der Waals surface area contributed by atoms with Crippen molar-refractivity contribution in [3.05, 3.63) is 94.3 Å². The number of amides is 1. The molecule has 1 amide bonds. The van der Waals surface area contributed by atoms with E-state index in [9.17, 15) is 14.9 Å². The molecule has 184 valence electrons. The number of carbonyl (C=O) groups excluding carboxylic acids is 1. The van der Waals surface area contributed by atoms with Crippen LogP contribution in [0.15, 0.2) is 82.7 Å². The van der Waals surface area contributed by atoms with E-state index in [1.54, 1.807) is 24.3 Å². The van der Waals surface area contributed by atoms with Crippen molar-refractivity contribution in [2.24, 2.45) is 0 Å². The van der Waals surface area contributed by atoms with Gasteiger partial charge in [0.2, 0.25) is 5.91 Å². The fraction of sp³-hybridized carbons (Fsp3) is 0.0714. The number of hydrogen-bond acceptors (Lipinski definition) is 8. The molecule has 0 bridgehead atoms. The number of aromatic nitrogens is 4. The largest absolute Gasteiger partial charge is 0.301 e. The van der Waals surface area contributed by atoms with Crippen LogP contribution in [0, 0.1) is 18.3 Å². The summed E-state index contributed by atoms with van der Waals surface area (Å²) in [6, 6.07) is 24.3. The summed E-state index contributed by atoms with van der Waals surface area (Å²) in [6.07, 6.45) is 0. The van der Waals surface area contributed by atoms with Crippen LogP contribution < -0.4 is 10.9 Å². The first-order valence-electron chi connectivity index (χ1n) is 11.6. The van der Waals surface area contributed by atoms with Crippen LogP contribution in [-0.4, -0.2) is 31.0 Å². The smallest absolute Gasteiger partial charge is 0.267 e. The molecule has 0 atom stereocenters. The van der Waals surface area contributed by atoms with E-state index in [0.717, 1.165) is 27.5 Å². The SMILES string of the molecule is Cc1ccc2nc(NC(=O)CSc3nc(-c4ccccc4)c(C#N)c4nc5ccccc5c(=O)n34)sc2c1. The molecule has 0 fully saturated rings. The highest BCUT2D eigenvalue weighted by molar-refractivity contribution is 7.99. The number of fused-ring (bicyclic) bond motifs is 3. The molecule has 3 heterocycles. The third-order valence-corrected chi connectivity index (χ3v) is 7.79. The summed E-state index contributed by atoms with van der Waals surface area (Å²) in [7, 11) is 0. The van der Waals surface area contributed by atoms with E-state index < -0.39 is 0 Å². The van der Waals surface area contributed by atoms with Crippen LogP contribution >= 0.6 is 23.1 Å². The van der Waals surface area contributed by atoms with Gasteiger partial charge in [-0.3, -0.25) is 9.59 Å². The Morgan fingerprint density at radius 2 is 1.82 bits per heavy atom. The Labute approximate surface area is 224 Å². The number of thioether (sulfide) groups is 1. The molecule has 38 heavy (non-hydrogen) atoms. The number of carbonyl (C=O) groups is 1. The van der Waals surface area contributed by atoms with Crippen molar-refractivity contribution in [2.45, 2.75) is 12.1 Å². The summed E-state index contributed by atoms with van der Waals surface area (Å²) >= 11 is 2.51. The number of aryl methyl sites for hydroxylation is 1. The van der Waals surface area contributed by atoms with Crippen LogP contribution in [0.2, 0.25) is 0 Å². The van der Waals surface area contributed by atoms with Gasteiger partial charge >= 0.3 is 0 Å². The lowest BCUT2D eigenvalue weighted by Crippen LogP contribution is -2.21. The van der Waals surface area contributed by atoms with Gasteiger partial charge in [0.15, 0.2) is 15.9 Å². The number of nitriles is 1. The van der Waals surface area contributed by atoms with Crippen molar-refractivity contribution in [1.82, 2.24) is 19.4 Å². The first-order valence-corrected chi connectivity index (χ1v) is 13.4. The van der Waals surface area contributed by atoms with Crippen LogP contribution in [0.25, 0.3) is 38.0 Å². The van der Waals surface area contributed by atoms with Crippen molar-refractivity contribution in [3.8, 4) is 17.3 Å². The van der Waals surface area contributed by atoms with Gasteiger partial charge in [0, 0.05) is 5.56 Å². The Morgan fingerprint density at radius 1 is 1.03 bits per heavy atom. The Bertz CT molecular complexity index is 1980. The van der Waals surface area contributed by atoms with Gasteiger partial charge in [-0.05, 0) is 36.8 Å². The Hall–Kier alpha value is -4.59. The van der Waals surface area contributed by atoms with Gasteiger partial charge in [-0.25, -0.2) is 19.4 Å². The predicted octanol–water partition coefficient (Wildman–Crippen LogP) is 5.43. The average molecular weight is 535 g/mol. The van der Waals surface area contributed by atoms with E-state index in [2.05, 4.69) is 21.4 Å². The van der Waals surface area contributed by atoms with E-state index in [1.165, 1.54) is 15.7 Å². The molecule has 3 aromatic heterocycles. The van der Waals surface area contributed by atoms with Gasteiger partial charge in [0.25, 0.3) is 5.56 Å². The summed E-state index contributed by atoms with van der Waals surface area (Å²) in [5.41, 5.74) is 3.59. The Morgan fingerprint density at radius 3 is 2.63 bits per heavy atom. The van der Waals surface area contributed by atoms with Crippen molar-refractivity contribution in [2.75, 3.05) is 11.1 Å². The van der Waals surface area contributed by atoms with Crippen LogP contribution in [0.5, 0.6) is 0 Å². The lowest BCUT2D eigenvalue weighted by Gasteiger charge is -2.13. The van der Waals surface area contributed by atoms with Crippen LogP contribution in [-0.2, 0) is 4.79 Å². The van der Waals surface area contributed by atoms with E-state index in [-0.39, 0.29) is 33.6 Å². The zero-order valence-electron chi connectivity index (χ0n) is 20.0. The zero-order valence-corrected chi connectivity index (χ0v) is 21.6. The number of rotatable bonds is 5. The fourth-order valence-corrected chi connectivity index (χ4v) is 5.93. The fourth-order valence-electron chi connectivity index (χ4n) is 4.16. The summed E-state index contributed by atoms with van der Waals surface area (Å²) < 4.78 is 2.32. The first kappa shape index (κ1) is 23.8. The number of para-hydroxylation sites is 1. The first-order chi connectivity index (χ1) is 18.5. The summed E-state index contributed by atoms with van der Waals surface area (Å²) in [5.74, 6) is -0.302. The second-order valence-corrected chi connectivity index (χ2v) is 10.5.